The molecule has 2 aromatic rings. The summed E-state index contributed by atoms with van der Waals surface area (Å²) in [5, 5.41) is 2.02. The first kappa shape index (κ1) is 13.9. The number of ketones is 1. The van der Waals surface area contributed by atoms with Crippen molar-refractivity contribution in [1.29, 1.82) is 0 Å². The molecule has 0 bridgehead atoms. The molecule has 2 aromatic heterocycles. The third-order valence-electron chi connectivity index (χ3n) is 3.62. The van der Waals surface area contributed by atoms with Crippen molar-refractivity contribution in [1.82, 2.24) is 9.55 Å². The number of aryl methyl sites for hydroxylation is 2. The molecule has 0 unspecified atom stereocenters. The van der Waals surface area contributed by atoms with Gasteiger partial charge < -0.3 is 4.57 Å². The van der Waals surface area contributed by atoms with Crippen molar-refractivity contribution < 1.29 is 4.79 Å². The summed E-state index contributed by atoms with van der Waals surface area (Å²) in [4.78, 5) is 16.8. The summed E-state index contributed by atoms with van der Waals surface area (Å²) in [7, 11) is 0. The summed E-state index contributed by atoms with van der Waals surface area (Å²) in [6.45, 7) is 6.14. The van der Waals surface area contributed by atoms with Crippen LogP contribution in [0.1, 0.15) is 46.3 Å². The van der Waals surface area contributed by atoms with Crippen LogP contribution < -0.4 is 0 Å². The minimum Gasteiger partial charge on any atom is -0.345 e. The highest BCUT2D eigenvalue weighted by atomic mass is 32.2. The van der Waals surface area contributed by atoms with E-state index in [9.17, 15) is 4.79 Å². The maximum Gasteiger partial charge on any atom is 0.174 e. The van der Waals surface area contributed by atoms with Crippen molar-refractivity contribution in [2.45, 2.75) is 44.0 Å². The molecule has 0 spiro atoms. The molecule has 0 radical (unpaired) electrons. The number of carbonyl (C=O) groups excluding carboxylic acids is 1. The molecule has 106 valence electrons. The van der Waals surface area contributed by atoms with Crippen LogP contribution in [-0.4, -0.2) is 21.1 Å². The smallest absolute Gasteiger partial charge is 0.174 e. The number of carbonyl (C=O) groups is 1. The van der Waals surface area contributed by atoms with Crippen LogP contribution in [0, 0.1) is 20.8 Å². The summed E-state index contributed by atoms with van der Waals surface area (Å²) in [5.74, 6) is 0.685. The topological polar surface area (TPSA) is 34.9 Å². The third-order valence-corrected chi connectivity index (χ3v) is 5.76. The summed E-state index contributed by atoms with van der Waals surface area (Å²) in [6, 6.07) is 2.68. The number of hydrogen-bond acceptors (Lipinski definition) is 4. The lowest BCUT2D eigenvalue weighted by Crippen LogP contribution is -2.05. The third kappa shape index (κ3) is 2.69. The van der Waals surface area contributed by atoms with Gasteiger partial charge in [-0.25, -0.2) is 4.98 Å². The predicted molar refractivity (Wildman–Crippen MR) is 84.1 cm³/mol. The highest BCUT2D eigenvalue weighted by molar-refractivity contribution is 8.01. The summed E-state index contributed by atoms with van der Waals surface area (Å²) in [5.41, 5.74) is 4.25. The van der Waals surface area contributed by atoms with Gasteiger partial charge in [0.2, 0.25) is 0 Å². The fourth-order valence-corrected chi connectivity index (χ4v) is 4.29. The Morgan fingerprint density at radius 3 is 2.80 bits per heavy atom. The lowest BCUT2D eigenvalue weighted by Gasteiger charge is -2.07. The van der Waals surface area contributed by atoms with Crippen LogP contribution in [0.4, 0.5) is 0 Å². The van der Waals surface area contributed by atoms with Gasteiger partial charge in [-0.3, -0.25) is 4.79 Å². The molecule has 0 saturated heterocycles. The van der Waals surface area contributed by atoms with Crippen molar-refractivity contribution in [3.63, 3.8) is 0 Å². The molecule has 1 fully saturated rings. The second-order valence-electron chi connectivity index (χ2n) is 5.35. The van der Waals surface area contributed by atoms with E-state index in [1.807, 2.05) is 18.4 Å². The van der Waals surface area contributed by atoms with E-state index < -0.39 is 0 Å². The van der Waals surface area contributed by atoms with Crippen molar-refractivity contribution in [2.75, 3.05) is 5.75 Å². The molecule has 0 aromatic carbocycles. The van der Waals surface area contributed by atoms with Gasteiger partial charge in [0.15, 0.2) is 10.1 Å². The van der Waals surface area contributed by atoms with Gasteiger partial charge in [-0.15, -0.1) is 11.3 Å². The minimum atomic E-state index is 0.211. The first-order valence-corrected chi connectivity index (χ1v) is 8.69. The van der Waals surface area contributed by atoms with Gasteiger partial charge in [0.05, 0.1) is 5.75 Å². The van der Waals surface area contributed by atoms with Gasteiger partial charge in [-0.2, -0.15) is 0 Å². The number of thiazole rings is 1. The van der Waals surface area contributed by atoms with Crippen LogP contribution in [0.2, 0.25) is 0 Å². The SMILES string of the molecule is Cc1csc(SCC(=O)c2cc(C)n(C3CC3)c2C)n1. The lowest BCUT2D eigenvalue weighted by molar-refractivity contribution is 0.102. The normalized spacial score (nSPS) is 14.8. The van der Waals surface area contributed by atoms with Crippen molar-refractivity contribution in [3.05, 3.63) is 34.1 Å². The number of hydrogen-bond donors (Lipinski definition) is 0. The Hall–Kier alpha value is -1.07. The summed E-state index contributed by atoms with van der Waals surface area (Å²) in [6.07, 6.45) is 2.49. The van der Waals surface area contributed by atoms with E-state index in [2.05, 4.69) is 23.4 Å². The van der Waals surface area contributed by atoms with E-state index in [1.165, 1.54) is 18.5 Å². The zero-order valence-corrected chi connectivity index (χ0v) is 13.6. The Morgan fingerprint density at radius 1 is 1.45 bits per heavy atom. The van der Waals surface area contributed by atoms with E-state index in [-0.39, 0.29) is 5.78 Å². The van der Waals surface area contributed by atoms with E-state index >= 15 is 0 Å². The highest BCUT2D eigenvalue weighted by Gasteiger charge is 2.28. The number of rotatable bonds is 5. The van der Waals surface area contributed by atoms with Crippen molar-refractivity contribution in [3.8, 4) is 0 Å². The van der Waals surface area contributed by atoms with Gasteiger partial charge in [0.25, 0.3) is 0 Å². The summed E-state index contributed by atoms with van der Waals surface area (Å²) < 4.78 is 3.30. The lowest BCUT2D eigenvalue weighted by atomic mass is 10.2. The minimum absolute atomic E-state index is 0.211. The number of Topliss-reactive ketones (excluding diaryl/α,β-unsaturated/α-hetero) is 1. The molecule has 1 aliphatic rings. The second-order valence-corrected chi connectivity index (χ2v) is 7.43. The molecule has 0 aliphatic heterocycles. The first-order chi connectivity index (χ1) is 9.56. The zero-order valence-electron chi connectivity index (χ0n) is 12.0. The van der Waals surface area contributed by atoms with Crippen molar-refractivity contribution in [2.24, 2.45) is 0 Å². The average Bonchev–Trinajstić information content (AvgIpc) is 3.08. The van der Waals surface area contributed by atoms with E-state index in [0.29, 0.717) is 11.8 Å². The summed E-state index contributed by atoms with van der Waals surface area (Å²) >= 11 is 3.15. The number of thioether (sulfide) groups is 1. The average molecular weight is 306 g/mol. The Kier molecular flexibility index (Phi) is 3.73. The predicted octanol–water partition coefficient (Wildman–Crippen LogP) is 4.18. The van der Waals surface area contributed by atoms with Crippen LogP contribution in [0.15, 0.2) is 15.8 Å². The van der Waals surface area contributed by atoms with Gasteiger partial charge in [-0.1, -0.05) is 11.8 Å². The fourth-order valence-electron chi connectivity index (χ4n) is 2.56. The molecule has 3 rings (SSSR count). The van der Waals surface area contributed by atoms with Crippen LogP contribution in [0.5, 0.6) is 0 Å². The van der Waals surface area contributed by atoms with E-state index in [0.717, 1.165) is 21.3 Å². The van der Waals surface area contributed by atoms with Gasteiger partial charge in [0.1, 0.15) is 0 Å². The number of aromatic nitrogens is 2. The van der Waals surface area contributed by atoms with Crippen LogP contribution in [0.3, 0.4) is 0 Å². The molecule has 1 aliphatic carbocycles. The second kappa shape index (κ2) is 5.37. The van der Waals surface area contributed by atoms with Crippen LogP contribution in [-0.2, 0) is 0 Å². The first-order valence-electron chi connectivity index (χ1n) is 6.83. The maximum atomic E-state index is 12.4. The Balaban J connectivity index is 1.72. The quantitative estimate of drug-likeness (QED) is 0.614. The number of nitrogens with zero attached hydrogens (tertiary/aromatic N) is 2. The molecule has 0 atom stereocenters. The Bertz CT molecular complexity index is 653. The van der Waals surface area contributed by atoms with Crippen LogP contribution in [0.25, 0.3) is 0 Å². The van der Waals surface area contributed by atoms with E-state index in [1.54, 1.807) is 23.1 Å². The molecule has 3 nitrogen and oxygen atoms in total. The Morgan fingerprint density at radius 2 is 2.20 bits per heavy atom. The maximum absolute atomic E-state index is 12.4. The standard InChI is InChI=1S/C15H18N2OS2/c1-9-7-19-15(16-9)20-8-14(18)13-6-10(2)17(11(13)3)12-4-5-12/h6-7,12H,4-5,8H2,1-3H3. The van der Waals surface area contributed by atoms with Gasteiger partial charge >= 0.3 is 0 Å². The molecular formula is C15H18N2OS2. The van der Waals surface area contributed by atoms with E-state index in [4.69, 9.17) is 0 Å². The molecule has 0 amide bonds. The molecular weight excluding hydrogens is 288 g/mol. The molecule has 20 heavy (non-hydrogen) atoms. The molecule has 2 heterocycles. The monoisotopic (exact) mass is 306 g/mol. The van der Waals surface area contributed by atoms with Crippen LogP contribution >= 0.6 is 23.1 Å². The fraction of sp³-hybridized carbons (Fsp3) is 0.467. The molecule has 5 heteroatoms. The highest BCUT2D eigenvalue weighted by Crippen LogP contribution is 2.38. The van der Waals surface area contributed by atoms with Gasteiger partial charge in [0, 0.05) is 34.1 Å². The van der Waals surface area contributed by atoms with Crippen molar-refractivity contribution >= 4 is 28.9 Å². The molecule has 0 N–H and O–H groups in total. The largest absolute Gasteiger partial charge is 0.345 e. The zero-order chi connectivity index (χ0) is 14.3. The molecule has 1 saturated carbocycles. The van der Waals surface area contributed by atoms with Gasteiger partial charge in [-0.05, 0) is 39.7 Å². The Labute approximate surface area is 127 Å².